The van der Waals surface area contributed by atoms with E-state index in [1.807, 2.05) is 0 Å². The fourth-order valence-electron chi connectivity index (χ4n) is 3.19. The van der Waals surface area contributed by atoms with Crippen LogP contribution in [0, 0.1) is 0 Å². The molecule has 2 heterocycles. The summed E-state index contributed by atoms with van der Waals surface area (Å²) < 4.78 is 42.1. The number of carbonyl (C=O) groups is 2. The van der Waals surface area contributed by atoms with Crippen LogP contribution in [0.25, 0.3) is 0 Å². The highest BCUT2D eigenvalue weighted by Gasteiger charge is 2.32. The van der Waals surface area contributed by atoms with E-state index in [2.05, 4.69) is 10.1 Å². The second-order valence-corrected chi connectivity index (χ2v) is 6.41. The molecule has 2 aliphatic heterocycles. The molecule has 0 bridgehead atoms. The second kappa shape index (κ2) is 8.59. The summed E-state index contributed by atoms with van der Waals surface area (Å²) in [5, 5.41) is 2.92. The van der Waals surface area contributed by atoms with Gasteiger partial charge in [-0.05, 0) is 19.3 Å². The van der Waals surface area contributed by atoms with E-state index in [0.717, 1.165) is 0 Å². The highest BCUT2D eigenvalue weighted by Crippen LogP contribution is 2.18. The Morgan fingerprint density at radius 1 is 1.04 bits per heavy atom. The van der Waals surface area contributed by atoms with E-state index in [1.165, 1.54) is 12.0 Å². The Kier molecular flexibility index (Phi) is 6.74. The van der Waals surface area contributed by atoms with Gasteiger partial charge in [0.1, 0.15) is 0 Å². The summed E-state index contributed by atoms with van der Waals surface area (Å²) in [6.45, 7) is 1.36. The molecule has 0 aromatic carbocycles. The summed E-state index contributed by atoms with van der Waals surface area (Å²) >= 11 is 0. The Balaban J connectivity index is 1.75. The molecule has 0 aromatic heterocycles. The molecule has 144 valence electrons. The number of alkyl halides is 3. The number of hydrogen-bond donors (Lipinski definition) is 1. The molecule has 25 heavy (non-hydrogen) atoms. The molecule has 7 nitrogen and oxygen atoms in total. The predicted octanol–water partition coefficient (Wildman–Crippen LogP) is 1.50. The topological polar surface area (TPSA) is 65.1 Å². The molecular formula is C15H25F3N4O3. The van der Waals surface area contributed by atoms with Crippen molar-refractivity contribution in [2.24, 2.45) is 0 Å². The van der Waals surface area contributed by atoms with E-state index < -0.39 is 12.7 Å². The van der Waals surface area contributed by atoms with Crippen molar-refractivity contribution >= 4 is 12.1 Å². The number of ether oxygens (including phenoxy) is 1. The van der Waals surface area contributed by atoms with E-state index in [4.69, 9.17) is 0 Å². The number of carbonyl (C=O) groups excluding carboxylic acids is 2. The minimum absolute atomic E-state index is 0.0389. The van der Waals surface area contributed by atoms with Gasteiger partial charge in [-0.3, -0.25) is 4.90 Å². The fourth-order valence-corrected chi connectivity index (χ4v) is 3.19. The number of piperidine rings is 1. The van der Waals surface area contributed by atoms with Crippen LogP contribution < -0.4 is 5.32 Å². The van der Waals surface area contributed by atoms with Crippen molar-refractivity contribution in [1.29, 1.82) is 0 Å². The van der Waals surface area contributed by atoms with Crippen LogP contribution in [0.5, 0.6) is 0 Å². The average Bonchev–Trinajstić information content (AvgIpc) is 2.79. The van der Waals surface area contributed by atoms with Gasteiger partial charge in [-0.1, -0.05) is 0 Å². The largest absolute Gasteiger partial charge is 0.453 e. The third kappa shape index (κ3) is 6.26. The summed E-state index contributed by atoms with van der Waals surface area (Å²) in [6.07, 6.45) is -2.80. The maximum absolute atomic E-state index is 12.5. The third-order valence-electron chi connectivity index (χ3n) is 4.53. The van der Waals surface area contributed by atoms with Crippen molar-refractivity contribution < 1.29 is 27.5 Å². The first-order chi connectivity index (χ1) is 11.8. The molecule has 2 rings (SSSR count). The van der Waals surface area contributed by atoms with Gasteiger partial charge in [0.25, 0.3) is 0 Å². The van der Waals surface area contributed by atoms with Crippen LogP contribution in [-0.4, -0.2) is 92.0 Å². The van der Waals surface area contributed by atoms with E-state index in [1.54, 1.807) is 9.80 Å². The summed E-state index contributed by atoms with van der Waals surface area (Å²) in [4.78, 5) is 28.3. The lowest BCUT2D eigenvalue weighted by atomic mass is 10.1. The number of hydrogen-bond acceptors (Lipinski definition) is 4. The van der Waals surface area contributed by atoms with Gasteiger partial charge in [-0.15, -0.1) is 0 Å². The Hall–Kier alpha value is -1.71. The molecule has 2 saturated heterocycles. The molecule has 0 spiro atoms. The van der Waals surface area contributed by atoms with Crippen LogP contribution in [-0.2, 0) is 4.74 Å². The van der Waals surface area contributed by atoms with Crippen LogP contribution in [0.4, 0.5) is 22.8 Å². The standard InChI is InChI=1S/C15H25F3N4O3/c1-25-14(24)22-7-3-12(4-8-22)19-13(23)21-6-2-5-20(9-10-21)11-15(16,17)18/h12H,2-11H2,1H3,(H,19,23). The van der Waals surface area contributed by atoms with Gasteiger partial charge in [-0.2, -0.15) is 13.2 Å². The summed E-state index contributed by atoms with van der Waals surface area (Å²) in [5.41, 5.74) is 0. The maximum Gasteiger partial charge on any atom is 0.409 e. The number of rotatable bonds is 2. The van der Waals surface area contributed by atoms with Gasteiger partial charge < -0.3 is 19.9 Å². The zero-order valence-electron chi connectivity index (χ0n) is 14.3. The highest BCUT2D eigenvalue weighted by atomic mass is 19.4. The van der Waals surface area contributed by atoms with Gasteiger partial charge in [0.15, 0.2) is 0 Å². The van der Waals surface area contributed by atoms with E-state index in [9.17, 15) is 22.8 Å². The van der Waals surface area contributed by atoms with E-state index in [-0.39, 0.29) is 31.3 Å². The fraction of sp³-hybridized carbons (Fsp3) is 0.867. The van der Waals surface area contributed by atoms with Crippen molar-refractivity contribution in [3.63, 3.8) is 0 Å². The van der Waals surface area contributed by atoms with Crippen LogP contribution in [0.2, 0.25) is 0 Å². The second-order valence-electron chi connectivity index (χ2n) is 6.41. The normalized spacial score (nSPS) is 21.0. The van der Waals surface area contributed by atoms with Crippen molar-refractivity contribution in [2.45, 2.75) is 31.5 Å². The van der Waals surface area contributed by atoms with Crippen LogP contribution in [0.3, 0.4) is 0 Å². The molecule has 0 unspecified atom stereocenters. The van der Waals surface area contributed by atoms with Crippen molar-refractivity contribution in [3.05, 3.63) is 0 Å². The Labute approximate surface area is 145 Å². The molecular weight excluding hydrogens is 341 g/mol. The van der Waals surface area contributed by atoms with E-state index >= 15 is 0 Å². The number of urea groups is 1. The molecule has 0 saturated carbocycles. The third-order valence-corrected chi connectivity index (χ3v) is 4.53. The summed E-state index contributed by atoms with van der Waals surface area (Å²) in [5.74, 6) is 0. The van der Waals surface area contributed by atoms with Gasteiger partial charge in [0.2, 0.25) is 0 Å². The average molecular weight is 366 g/mol. The van der Waals surface area contributed by atoms with Gasteiger partial charge >= 0.3 is 18.3 Å². The lowest BCUT2D eigenvalue weighted by Gasteiger charge is -2.32. The lowest BCUT2D eigenvalue weighted by molar-refractivity contribution is -0.145. The maximum atomic E-state index is 12.5. The first-order valence-electron chi connectivity index (χ1n) is 8.46. The lowest BCUT2D eigenvalue weighted by Crippen LogP contribution is -2.50. The number of nitrogens with one attached hydrogen (secondary N) is 1. The minimum Gasteiger partial charge on any atom is -0.453 e. The number of nitrogens with zero attached hydrogens (tertiary/aromatic N) is 3. The smallest absolute Gasteiger partial charge is 0.409 e. The van der Waals surface area contributed by atoms with Crippen molar-refractivity contribution in [2.75, 3.05) is 52.9 Å². The SMILES string of the molecule is COC(=O)N1CCC(NC(=O)N2CCCN(CC(F)(F)F)CC2)CC1. The first kappa shape index (κ1) is 19.6. The van der Waals surface area contributed by atoms with E-state index in [0.29, 0.717) is 45.4 Å². The summed E-state index contributed by atoms with van der Waals surface area (Å²) in [7, 11) is 1.33. The van der Waals surface area contributed by atoms with Gasteiger partial charge in [-0.25, -0.2) is 9.59 Å². The Morgan fingerprint density at radius 2 is 1.72 bits per heavy atom. The van der Waals surface area contributed by atoms with Crippen molar-refractivity contribution in [3.8, 4) is 0 Å². The molecule has 2 aliphatic rings. The molecule has 0 aromatic rings. The number of methoxy groups -OCH3 is 1. The Bertz CT molecular complexity index is 467. The highest BCUT2D eigenvalue weighted by molar-refractivity contribution is 5.74. The molecule has 10 heteroatoms. The molecule has 1 N–H and O–H groups in total. The monoisotopic (exact) mass is 366 g/mol. The van der Waals surface area contributed by atoms with Crippen LogP contribution >= 0.6 is 0 Å². The Morgan fingerprint density at radius 3 is 2.32 bits per heavy atom. The molecule has 3 amide bonds. The molecule has 2 fully saturated rings. The summed E-state index contributed by atoms with van der Waals surface area (Å²) in [6, 6.07) is -0.284. The number of amides is 3. The van der Waals surface area contributed by atoms with Gasteiger partial charge in [0.05, 0.1) is 13.7 Å². The van der Waals surface area contributed by atoms with Crippen molar-refractivity contribution in [1.82, 2.24) is 20.0 Å². The zero-order valence-corrected chi connectivity index (χ0v) is 14.3. The van der Waals surface area contributed by atoms with Crippen LogP contribution in [0.1, 0.15) is 19.3 Å². The van der Waals surface area contributed by atoms with Gasteiger partial charge in [0, 0.05) is 45.3 Å². The molecule has 0 aliphatic carbocycles. The molecule has 0 radical (unpaired) electrons. The van der Waals surface area contributed by atoms with Crippen LogP contribution in [0.15, 0.2) is 0 Å². The number of halogens is 3. The minimum atomic E-state index is -4.22. The predicted molar refractivity (Wildman–Crippen MR) is 84.2 cm³/mol. The quantitative estimate of drug-likeness (QED) is 0.804. The molecule has 0 atom stereocenters. The first-order valence-corrected chi connectivity index (χ1v) is 8.46. The number of likely N-dealkylation sites (tertiary alicyclic amines) is 1. The zero-order chi connectivity index (χ0) is 18.4.